The van der Waals surface area contributed by atoms with E-state index in [0.717, 1.165) is 31.0 Å². The molecule has 134 valence electrons. The zero-order valence-corrected chi connectivity index (χ0v) is 15.6. The number of rotatable bonds is 6. The molecule has 4 heteroatoms. The Morgan fingerprint density at radius 3 is 2.64 bits per heavy atom. The van der Waals surface area contributed by atoms with E-state index in [1.165, 1.54) is 22.3 Å². The Morgan fingerprint density at radius 2 is 1.92 bits per heavy atom. The number of benzene rings is 2. The van der Waals surface area contributed by atoms with Gasteiger partial charge in [-0.1, -0.05) is 24.3 Å². The lowest BCUT2D eigenvalue weighted by molar-refractivity contribution is 0.250. The van der Waals surface area contributed by atoms with Crippen molar-refractivity contribution in [2.24, 2.45) is 0 Å². The summed E-state index contributed by atoms with van der Waals surface area (Å²) in [6.45, 7) is 4.66. The Bertz CT molecular complexity index is 728. The van der Waals surface area contributed by atoms with Crippen LogP contribution in [0.5, 0.6) is 11.5 Å². The van der Waals surface area contributed by atoms with Crippen LogP contribution < -0.4 is 14.8 Å². The predicted molar refractivity (Wildman–Crippen MR) is 102 cm³/mol. The van der Waals surface area contributed by atoms with E-state index in [9.17, 15) is 0 Å². The number of aryl methyl sites for hydroxylation is 1. The van der Waals surface area contributed by atoms with E-state index >= 15 is 0 Å². The summed E-state index contributed by atoms with van der Waals surface area (Å²) >= 11 is 0. The SMILES string of the molecule is COc1cc2c(cc1OCCN(C)C)C(c1ccccc1C)NCC2. The maximum Gasteiger partial charge on any atom is 0.161 e. The molecule has 0 radical (unpaired) electrons. The minimum absolute atomic E-state index is 0.201. The molecule has 0 fully saturated rings. The average molecular weight is 340 g/mol. The number of likely N-dealkylation sites (N-methyl/N-ethyl adjacent to an activating group) is 1. The Kier molecular flexibility index (Phi) is 5.61. The molecule has 1 aliphatic rings. The van der Waals surface area contributed by atoms with Gasteiger partial charge in [-0.05, 0) is 61.8 Å². The smallest absolute Gasteiger partial charge is 0.161 e. The van der Waals surface area contributed by atoms with Crippen LogP contribution in [0.25, 0.3) is 0 Å². The summed E-state index contributed by atoms with van der Waals surface area (Å²) in [5.74, 6) is 1.65. The molecule has 4 nitrogen and oxygen atoms in total. The fourth-order valence-corrected chi connectivity index (χ4v) is 3.36. The second-order valence-electron chi connectivity index (χ2n) is 6.85. The van der Waals surface area contributed by atoms with E-state index < -0.39 is 0 Å². The molecule has 1 unspecified atom stereocenters. The van der Waals surface area contributed by atoms with Crippen molar-refractivity contribution in [3.63, 3.8) is 0 Å². The van der Waals surface area contributed by atoms with Gasteiger partial charge < -0.3 is 19.7 Å². The van der Waals surface area contributed by atoms with Gasteiger partial charge >= 0.3 is 0 Å². The molecule has 1 heterocycles. The van der Waals surface area contributed by atoms with Crippen molar-refractivity contribution in [1.82, 2.24) is 10.2 Å². The van der Waals surface area contributed by atoms with E-state index in [1.807, 2.05) is 14.1 Å². The highest BCUT2D eigenvalue weighted by atomic mass is 16.5. The minimum atomic E-state index is 0.201. The molecule has 0 saturated carbocycles. The predicted octanol–water partition coefficient (Wildman–Crippen LogP) is 3.18. The third kappa shape index (κ3) is 3.97. The third-order valence-corrected chi connectivity index (χ3v) is 4.77. The zero-order valence-electron chi connectivity index (χ0n) is 15.6. The lowest BCUT2D eigenvalue weighted by Gasteiger charge is -2.29. The number of hydrogen-bond acceptors (Lipinski definition) is 4. The first-order valence-corrected chi connectivity index (χ1v) is 8.87. The fourth-order valence-electron chi connectivity index (χ4n) is 3.36. The summed E-state index contributed by atoms with van der Waals surface area (Å²) in [6.07, 6.45) is 1.01. The van der Waals surface area contributed by atoms with Gasteiger partial charge in [0.1, 0.15) is 6.61 Å². The van der Waals surface area contributed by atoms with Gasteiger partial charge in [0, 0.05) is 13.1 Å². The van der Waals surface area contributed by atoms with Gasteiger partial charge in [-0.2, -0.15) is 0 Å². The quantitative estimate of drug-likeness (QED) is 0.876. The summed E-state index contributed by atoms with van der Waals surface area (Å²) in [7, 11) is 5.80. The number of ether oxygens (including phenoxy) is 2. The van der Waals surface area contributed by atoms with Crippen LogP contribution >= 0.6 is 0 Å². The minimum Gasteiger partial charge on any atom is -0.493 e. The standard InChI is InChI=1S/C21H28N2O2/c1-15-7-5-6-8-17(15)21-18-14-20(25-12-11-23(2)3)19(24-4)13-16(18)9-10-22-21/h5-8,13-14,21-22H,9-12H2,1-4H3. The molecule has 0 aromatic heterocycles. The monoisotopic (exact) mass is 340 g/mol. The van der Waals surface area contributed by atoms with Crippen molar-refractivity contribution in [1.29, 1.82) is 0 Å². The lowest BCUT2D eigenvalue weighted by atomic mass is 9.87. The maximum atomic E-state index is 6.02. The topological polar surface area (TPSA) is 33.7 Å². The van der Waals surface area contributed by atoms with E-state index in [4.69, 9.17) is 9.47 Å². The summed E-state index contributed by atoms with van der Waals surface area (Å²) < 4.78 is 11.6. The summed E-state index contributed by atoms with van der Waals surface area (Å²) in [5, 5.41) is 3.67. The van der Waals surface area contributed by atoms with E-state index in [1.54, 1.807) is 7.11 Å². The number of nitrogens with one attached hydrogen (secondary N) is 1. The number of fused-ring (bicyclic) bond motifs is 1. The highest BCUT2D eigenvalue weighted by Crippen LogP contribution is 2.38. The van der Waals surface area contributed by atoms with Crippen molar-refractivity contribution in [3.8, 4) is 11.5 Å². The molecule has 1 aliphatic heterocycles. The lowest BCUT2D eigenvalue weighted by Crippen LogP contribution is -2.31. The summed E-state index contributed by atoms with van der Waals surface area (Å²) in [6, 6.07) is 13.1. The molecule has 1 N–H and O–H groups in total. The second-order valence-corrected chi connectivity index (χ2v) is 6.85. The first-order valence-electron chi connectivity index (χ1n) is 8.87. The van der Waals surface area contributed by atoms with Crippen molar-refractivity contribution in [2.75, 3.05) is 40.9 Å². The van der Waals surface area contributed by atoms with Crippen molar-refractivity contribution in [2.45, 2.75) is 19.4 Å². The van der Waals surface area contributed by atoms with E-state index in [2.05, 4.69) is 53.5 Å². The van der Waals surface area contributed by atoms with Gasteiger partial charge in [-0.15, -0.1) is 0 Å². The van der Waals surface area contributed by atoms with Crippen LogP contribution in [0, 0.1) is 6.92 Å². The molecule has 0 amide bonds. The largest absolute Gasteiger partial charge is 0.493 e. The van der Waals surface area contributed by atoms with Crippen LogP contribution in [0.15, 0.2) is 36.4 Å². The van der Waals surface area contributed by atoms with E-state index in [-0.39, 0.29) is 6.04 Å². The fraction of sp³-hybridized carbons (Fsp3) is 0.429. The van der Waals surface area contributed by atoms with Gasteiger partial charge in [-0.25, -0.2) is 0 Å². The summed E-state index contributed by atoms with van der Waals surface area (Å²) in [4.78, 5) is 2.11. The van der Waals surface area contributed by atoms with Gasteiger partial charge in [0.15, 0.2) is 11.5 Å². The first-order chi connectivity index (χ1) is 12.1. The zero-order chi connectivity index (χ0) is 17.8. The Hall–Kier alpha value is -2.04. The molecule has 1 atom stereocenters. The molecular weight excluding hydrogens is 312 g/mol. The van der Waals surface area contributed by atoms with Crippen molar-refractivity contribution in [3.05, 3.63) is 58.7 Å². The normalized spacial score (nSPS) is 16.6. The number of nitrogens with zero attached hydrogens (tertiary/aromatic N) is 1. The van der Waals surface area contributed by atoms with Gasteiger partial charge in [0.25, 0.3) is 0 Å². The molecule has 0 aliphatic carbocycles. The molecule has 25 heavy (non-hydrogen) atoms. The molecule has 0 saturated heterocycles. The number of methoxy groups -OCH3 is 1. The van der Waals surface area contributed by atoms with Gasteiger partial charge in [0.2, 0.25) is 0 Å². The van der Waals surface area contributed by atoms with Crippen LogP contribution in [-0.4, -0.2) is 45.8 Å². The van der Waals surface area contributed by atoms with Crippen LogP contribution in [-0.2, 0) is 6.42 Å². The van der Waals surface area contributed by atoms with Crippen LogP contribution in [0.2, 0.25) is 0 Å². The van der Waals surface area contributed by atoms with Gasteiger partial charge in [0.05, 0.1) is 13.2 Å². The molecule has 0 spiro atoms. The molecule has 3 rings (SSSR count). The van der Waals surface area contributed by atoms with Crippen molar-refractivity contribution >= 4 is 0 Å². The molecular formula is C21H28N2O2. The molecule has 2 aromatic rings. The van der Waals surface area contributed by atoms with Crippen LogP contribution in [0.1, 0.15) is 28.3 Å². The first kappa shape index (κ1) is 17.8. The van der Waals surface area contributed by atoms with Crippen LogP contribution in [0.3, 0.4) is 0 Å². The van der Waals surface area contributed by atoms with Crippen LogP contribution in [0.4, 0.5) is 0 Å². The molecule has 2 aromatic carbocycles. The third-order valence-electron chi connectivity index (χ3n) is 4.77. The Balaban J connectivity index is 1.95. The highest BCUT2D eigenvalue weighted by Gasteiger charge is 2.24. The maximum absolute atomic E-state index is 6.02. The van der Waals surface area contributed by atoms with Crippen molar-refractivity contribution < 1.29 is 9.47 Å². The summed E-state index contributed by atoms with van der Waals surface area (Å²) in [5.41, 5.74) is 5.26. The Morgan fingerprint density at radius 1 is 1.12 bits per heavy atom. The highest BCUT2D eigenvalue weighted by molar-refractivity contribution is 5.52. The van der Waals surface area contributed by atoms with E-state index in [0.29, 0.717) is 6.61 Å². The second kappa shape index (κ2) is 7.89. The average Bonchev–Trinajstić information content (AvgIpc) is 2.61. The van der Waals surface area contributed by atoms with Gasteiger partial charge in [-0.3, -0.25) is 0 Å². The Labute approximate surface area is 150 Å². The molecule has 0 bridgehead atoms. The number of hydrogen-bond donors (Lipinski definition) is 1.